The molecule has 0 spiro atoms. The minimum absolute atomic E-state index is 0.195. The Labute approximate surface area is 224 Å². The maximum Gasteiger partial charge on any atom is 0.225 e. The second kappa shape index (κ2) is 9.52. The van der Waals surface area contributed by atoms with Crippen molar-refractivity contribution in [1.29, 1.82) is 5.26 Å². The molecule has 6 rings (SSSR count). The number of hydrogen-bond donors (Lipinski definition) is 1. The van der Waals surface area contributed by atoms with Gasteiger partial charge in [0, 0.05) is 61.5 Å². The highest BCUT2D eigenvalue weighted by Gasteiger charge is 2.25. The molecule has 0 atom stereocenters. The summed E-state index contributed by atoms with van der Waals surface area (Å²) in [7, 11) is 1.98. The van der Waals surface area contributed by atoms with E-state index in [0.29, 0.717) is 16.5 Å². The summed E-state index contributed by atoms with van der Waals surface area (Å²) in [5.74, 6) is 1.62. The lowest BCUT2D eigenvalue weighted by molar-refractivity contribution is 0.509. The first-order valence-electron chi connectivity index (χ1n) is 12.5. The minimum atomic E-state index is 0.195. The average molecular weight is 522 g/mol. The van der Waals surface area contributed by atoms with Crippen LogP contribution < -0.4 is 15.5 Å². The zero-order valence-electron chi connectivity index (χ0n) is 21.5. The number of nitriles is 1. The van der Waals surface area contributed by atoms with Crippen molar-refractivity contribution in [2.45, 2.75) is 26.3 Å². The van der Waals surface area contributed by atoms with E-state index in [2.05, 4.69) is 38.5 Å². The standard InChI is InChI=1S/C28H27N9S/c1-4-22-26(35(3)28-34-25(23(11-29)38-28)18-7-5-17(2)6-8-18)37-14-19(9-10-24(37)33-22)20-12-31-27(32-13-20)36-15-21(30)16-36/h5-10,12-14,21H,4,15-16,30H2,1-3H3. The monoisotopic (exact) mass is 521 g/mol. The SMILES string of the molecule is CCc1nc2ccc(-c3cnc(N4CC(N)C4)nc3)cn2c1N(C)c1nc(-c2ccc(C)cc2)c(C#N)s1. The number of thiazole rings is 1. The lowest BCUT2D eigenvalue weighted by Gasteiger charge is -2.36. The second-order valence-electron chi connectivity index (χ2n) is 9.53. The van der Waals surface area contributed by atoms with Crippen LogP contribution in [0.3, 0.4) is 0 Å². The normalized spacial score (nSPS) is 13.5. The Balaban J connectivity index is 1.38. The Kier molecular flexibility index (Phi) is 6.02. The third-order valence-corrected chi connectivity index (χ3v) is 7.85. The summed E-state index contributed by atoms with van der Waals surface area (Å²) in [6.45, 7) is 5.70. The highest BCUT2D eigenvalue weighted by molar-refractivity contribution is 7.16. The molecule has 0 aliphatic carbocycles. The largest absolute Gasteiger partial charge is 0.338 e. The summed E-state index contributed by atoms with van der Waals surface area (Å²) in [5.41, 5.74) is 12.4. The van der Waals surface area contributed by atoms with Crippen LogP contribution in [0.4, 0.5) is 16.9 Å². The summed E-state index contributed by atoms with van der Waals surface area (Å²) < 4.78 is 2.08. The van der Waals surface area contributed by atoms with Crippen molar-refractivity contribution in [1.82, 2.24) is 24.3 Å². The smallest absolute Gasteiger partial charge is 0.225 e. The van der Waals surface area contributed by atoms with Crippen molar-refractivity contribution in [3.63, 3.8) is 0 Å². The van der Waals surface area contributed by atoms with E-state index in [4.69, 9.17) is 15.7 Å². The predicted molar refractivity (Wildman–Crippen MR) is 151 cm³/mol. The number of pyridine rings is 1. The number of imidazole rings is 1. The molecule has 1 aromatic carbocycles. The van der Waals surface area contributed by atoms with Crippen molar-refractivity contribution in [2.75, 3.05) is 29.9 Å². The first-order valence-corrected chi connectivity index (χ1v) is 13.3. The molecule has 0 radical (unpaired) electrons. The summed E-state index contributed by atoms with van der Waals surface area (Å²) in [6, 6.07) is 14.7. The first-order chi connectivity index (χ1) is 18.4. The van der Waals surface area contributed by atoms with Gasteiger partial charge in [-0.3, -0.25) is 4.40 Å². The van der Waals surface area contributed by atoms with Gasteiger partial charge in [0.25, 0.3) is 0 Å². The summed E-state index contributed by atoms with van der Waals surface area (Å²) in [5, 5.41) is 10.6. The number of nitrogens with zero attached hydrogens (tertiary/aromatic N) is 8. The van der Waals surface area contributed by atoms with Gasteiger partial charge in [0.05, 0.1) is 5.69 Å². The number of aryl methyl sites for hydroxylation is 2. The zero-order chi connectivity index (χ0) is 26.4. The maximum atomic E-state index is 9.84. The molecule has 0 bridgehead atoms. The predicted octanol–water partition coefficient (Wildman–Crippen LogP) is 4.57. The Morgan fingerprint density at radius 3 is 2.42 bits per heavy atom. The number of hydrogen-bond acceptors (Lipinski definition) is 9. The van der Waals surface area contributed by atoms with E-state index in [1.807, 2.05) is 67.7 Å². The van der Waals surface area contributed by atoms with Crippen LogP contribution in [0.1, 0.15) is 23.1 Å². The molecule has 5 heterocycles. The number of benzene rings is 1. The van der Waals surface area contributed by atoms with Crippen LogP contribution in [0.25, 0.3) is 28.0 Å². The molecule has 190 valence electrons. The molecule has 0 saturated carbocycles. The van der Waals surface area contributed by atoms with E-state index in [1.165, 1.54) is 16.9 Å². The Morgan fingerprint density at radius 2 is 1.76 bits per heavy atom. The van der Waals surface area contributed by atoms with E-state index < -0.39 is 0 Å². The Bertz CT molecular complexity index is 1660. The van der Waals surface area contributed by atoms with Crippen LogP contribution in [0, 0.1) is 18.3 Å². The number of aromatic nitrogens is 5. The molecule has 38 heavy (non-hydrogen) atoms. The van der Waals surface area contributed by atoms with Crippen LogP contribution in [-0.4, -0.2) is 50.5 Å². The van der Waals surface area contributed by atoms with Crippen LogP contribution in [0.2, 0.25) is 0 Å². The van der Waals surface area contributed by atoms with E-state index in [-0.39, 0.29) is 6.04 Å². The molecule has 10 heteroatoms. The molecule has 9 nitrogen and oxygen atoms in total. The molecular formula is C28H27N9S. The molecule has 1 aliphatic heterocycles. The van der Waals surface area contributed by atoms with Crippen molar-refractivity contribution in [3.8, 4) is 28.5 Å². The number of anilines is 3. The van der Waals surface area contributed by atoms with Gasteiger partial charge < -0.3 is 15.5 Å². The topological polar surface area (TPSA) is 112 Å². The summed E-state index contributed by atoms with van der Waals surface area (Å²) in [4.78, 5) is 23.6. The van der Waals surface area contributed by atoms with Crippen molar-refractivity contribution >= 4 is 33.9 Å². The van der Waals surface area contributed by atoms with Gasteiger partial charge in [0.1, 0.15) is 28.1 Å². The van der Waals surface area contributed by atoms with Gasteiger partial charge in [-0.2, -0.15) is 5.26 Å². The number of nitrogens with two attached hydrogens (primary N) is 1. The minimum Gasteiger partial charge on any atom is -0.338 e. The van der Waals surface area contributed by atoms with Gasteiger partial charge in [-0.25, -0.2) is 19.9 Å². The molecule has 0 amide bonds. The fourth-order valence-corrected chi connectivity index (χ4v) is 5.53. The van der Waals surface area contributed by atoms with E-state index in [0.717, 1.165) is 58.5 Å². The van der Waals surface area contributed by atoms with Crippen LogP contribution in [0.15, 0.2) is 55.0 Å². The highest BCUT2D eigenvalue weighted by Crippen LogP contribution is 2.37. The molecule has 1 aliphatic rings. The summed E-state index contributed by atoms with van der Waals surface area (Å²) in [6.07, 6.45) is 6.52. The highest BCUT2D eigenvalue weighted by atomic mass is 32.1. The third-order valence-electron chi connectivity index (χ3n) is 6.81. The van der Waals surface area contributed by atoms with Crippen molar-refractivity contribution in [3.05, 3.63) is 71.1 Å². The van der Waals surface area contributed by atoms with Crippen molar-refractivity contribution < 1.29 is 0 Å². The fourth-order valence-electron chi connectivity index (χ4n) is 4.68. The molecule has 5 aromatic rings. The third kappa shape index (κ3) is 4.16. The molecule has 1 saturated heterocycles. The molecule has 0 unspecified atom stereocenters. The molecular weight excluding hydrogens is 494 g/mol. The molecule has 4 aromatic heterocycles. The maximum absolute atomic E-state index is 9.84. The van der Waals surface area contributed by atoms with Crippen molar-refractivity contribution in [2.24, 2.45) is 5.73 Å². The van der Waals surface area contributed by atoms with Gasteiger partial charge in [-0.05, 0) is 25.5 Å². The van der Waals surface area contributed by atoms with Gasteiger partial charge in [0.15, 0.2) is 5.13 Å². The zero-order valence-corrected chi connectivity index (χ0v) is 22.3. The lowest BCUT2D eigenvalue weighted by atomic mass is 10.1. The summed E-state index contributed by atoms with van der Waals surface area (Å²) >= 11 is 1.38. The van der Waals surface area contributed by atoms with Crippen LogP contribution >= 0.6 is 11.3 Å². The first kappa shape index (κ1) is 24.0. The quantitative estimate of drug-likeness (QED) is 0.346. The van der Waals surface area contributed by atoms with Gasteiger partial charge in [-0.15, -0.1) is 0 Å². The number of fused-ring (bicyclic) bond motifs is 1. The average Bonchev–Trinajstić information content (AvgIpc) is 3.53. The van der Waals surface area contributed by atoms with Crippen LogP contribution in [-0.2, 0) is 6.42 Å². The lowest BCUT2D eigenvalue weighted by Crippen LogP contribution is -2.56. The van der Waals surface area contributed by atoms with E-state index >= 15 is 0 Å². The van der Waals surface area contributed by atoms with Gasteiger partial charge in [0.2, 0.25) is 5.95 Å². The van der Waals surface area contributed by atoms with Gasteiger partial charge >= 0.3 is 0 Å². The van der Waals surface area contributed by atoms with Crippen LogP contribution in [0.5, 0.6) is 0 Å². The Hall–Kier alpha value is -4.33. The Morgan fingerprint density at radius 1 is 1.05 bits per heavy atom. The fraction of sp³-hybridized carbons (Fsp3) is 0.250. The second-order valence-corrected chi connectivity index (χ2v) is 10.5. The van der Waals surface area contributed by atoms with E-state index in [9.17, 15) is 5.26 Å². The van der Waals surface area contributed by atoms with Gasteiger partial charge in [-0.1, -0.05) is 48.1 Å². The molecule has 1 fully saturated rings. The number of rotatable bonds is 6. The molecule has 2 N–H and O–H groups in total. The van der Waals surface area contributed by atoms with E-state index in [1.54, 1.807) is 0 Å².